The van der Waals surface area contributed by atoms with Crippen LogP contribution in [0.4, 0.5) is 0 Å². The van der Waals surface area contributed by atoms with Gasteiger partial charge in [0.25, 0.3) is 0 Å². The molecule has 2 aliphatic heterocycles. The van der Waals surface area contributed by atoms with Gasteiger partial charge in [-0.1, -0.05) is 0 Å². The largest absolute Gasteiger partial charge is 0.475 e. The van der Waals surface area contributed by atoms with Crippen LogP contribution < -0.4 is 5.32 Å². The van der Waals surface area contributed by atoms with E-state index >= 15 is 0 Å². The van der Waals surface area contributed by atoms with Crippen LogP contribution in [0.25, 0.3) is 0 Å². The van der Waals surface area contributed by atoms with E-state index < -0.39 is 83.8 Å². The molecule has 16 heteroatoms. The van der Waals surface area contributed by atoms with Gasteiger partial charge in [0.05, 0.1) is 6.61 Å². The van der Waals surface area contributed by atoms with Crippen molar-refractivity contribution in [3.8, 4) is 0 Å². The summed E-state index contributed by atoms with van der Waals surface area (Å²) in [5, 5.41) is 51.1. The van der Waals surface area contributed by atoms with E-state index in [9.17, 15) is 38.4 Å². The quantitative estimate of drug-likeness (QED) is 0.179. The highest BCUT2D eigenvalue weighted by molar-refractivity contribution is 7.80. The molecule has 1 amide bonds. The fourth-order valence-electron chi connectivity index (χ4n) is 2.90. The Labute approximate surface area is 169 Å². The monoisotopic (exact) mass is 459 g/mol. The van der Waals surface area contributed by atoms with Gasteiger partial charge in [-0.2, -0.15) is 8.42 Å². The smallest absolute Gasteiger partial charge is 0.397 e. The van der Waals surface area contributed by atoms with Crippen molar-refractivity contribution in [3.05, 3.63) is 11.8 Å². The van der Waals surface area contributed by atoms with Crippen LogP contribution in [0.2, 0.25) is 0 Å². The average molecular weight is 459 g/mol. The fraction of sp³-hybridized carbons (Fsp3) is 0.714. The number of nitrogens with one attached hydrogen (secondary N) is 1. The van der Waals surface area contributed by atoms with Crippen molar-refractivity contribution < 1.29 is 66.5 Å². The Kier molecular flexibility index (Phi) is 7.72. The van der Waals surface area contributed by atoms with E-state index in [1.807, 2.05) is 0 Å². The summed E-state index contributed by atoms with van der Waals surface area (Å²) in [7, 11) is -5.18. The van der Waals surface area contributed by atoms with E-state index in [0.717, 1.165) is 6.92 Å². The second kappa shape index (κ2) is 9.50. The number of carbonyl (C=O) groups excluding carboxylic acids is 1. The van der Waals surface area contributed by atoms with Crippen molar-refractivity contribution in [2.75, 3.05) is 6.61 Å². The van der Waals surface area contributed by atoms with Crippen LogP contribution >= 0.6 is 0 Å². The lowest BCUT2D eigenvalue weighted by Crippen LogP contribution is -2.66. The summed E-state index contributed by atoms with van der Waals surface area (Å²) < 4.78 is 50.7. The first-order chi connectivity index (χ1) is 13.8. The summed E-state index contributed by atoms with van der Waals surface area (Å²) in [4.78, 5) is 22.6. The van der Waals surface area contributed by atoms with E-state index in [0.29, 0.717) is 6.08 Å². The standard InChI is InChI=1S/C14H21NO14S/c1-4(17)15-8-11(9(19)7(3-16)26-13(8)22)28-14-10(29-30(23,24)25)5(18)2-6(27-14)12(20)21/h2,5,7-11,13-14,16,18-19,22H,3H2,1H3,(H,15,17)(H,20,21)(H,23,24,25)/t5-,7+,8+,9-,10+,11+,13?,14-/m0/s1. The predicted octanol–water partition coefficient (Wildman–Crippen LogP) is -4.18. The number of aliphatic hydroxyl groups is 4. The Morgan fingerprint density at radius 3 is 2.37 bits per heavy atom. The molecule has 8 atom stereocenters. The maximum atomic E-state index is 11.4. The van der Waals surface area contributed by atoms with Gasteiger partial charge in [-0.05, 0) is 6.08 Å². The van der Waals surface area contributed by atoms with Gasteiger partial charge in [0, 0.05) is 6.92 Å². The zero-order valence-corrected chi connectivity index (χ0v) is 16.1. The molecule has 1 saturated heterocycles. The van der Waals surface area contributed by atoms with Crippen LogP contribution in [0.15, 0.2) is 11.8 Å². The number of amides is 1. The molecule has 2 aliphatic rings. The topological polar surface area (TPSA) is 239 Å². The van der Waals surface area contributed by atoms with Crippen molar-refractivity contribution in [1.82, 2.24) is 5.32 Å². The maximum Gasteiger partial charge on any atom is 0.397 e. The number of hydrogen-bond donors (Lipinski definition) is 7. The summed E-state index contributed by atoms with van der Waals surface area (Å²) in [6.45, 7) is 0.259. The summed E-state index contributed by atoms with van der Waals surface area (Å²) in [6, 6.07) is -1.49. The number of ether oxygens (including phenoxy) is 3. The highest BCUT2D eigenvalue weighted by Gasteiger charge is 2.50. The van der Waals surface area contributed by atoms with Crippen molar-refractivity contribution >= 4 is 22.3 Å². The molecule has 30 heavy (non-hydrogen) atoms. The van der Waals surface area contributed by atoms with Crippen molar-refractivity contribution in [2.24, 2.45) is 0 Å². The summed E-state index contributed by atoms with van der Waals surface area (Å²) >= 11 is 0. The van der Waals surface area contributed by atoms with Crippen molar-refractivity contribution in [1.29, 1.82) is 0 Å². The van der Waals surface area contributed by atoms with Gasteiger partial charge >= 0.3 is 16.4 Å². The molecule has 1 fully saturated rings. The van der Waals surface area contributed by atoms with Crippen LogP contribution in [0.1, 0.15) is 6.92 Å². The molecule has 7 N–H and O–H groups in total. The van der Waals surface area contributed by atoms with Gasteiger partial charge in [-0.15, -0.1) is 0 Å². The zero-order valence-electron chi connectivity index (χ0n) is 15.3. The lowest BCUT2D eigenvalue weighted by molar-refractivity contribution is -0.300. The Hall–Kier alpha value is -1.89. The predicted molar refractivity (Wildman–Crippen MR) is 89.5 cm³/mol. The number of aliphatic carboxylic acids is 1. The summed E-state index contributed by atoms with van der Waals surface area (Å²) in [6.07, 6.45) is -12.2. The van der Waals surface area contributed by atoms with Crippen LogP contribution in [-0.4, -0.2) is 106 Å². The molecular formula is C14H21NO14S. The first kappa shape index (κ1) is 24.4. The van der Waals surface area contributed by atoms with Gasteiger partial charge in [0.15, 0.2) is 12.4 Å². The molecule has 0 aromatic heterocycles. The fourth-order valence-corrected chi connectivity index (χ4v) is 3.39. The normalized spacial score (nSPS) is 37.1. The highest BCUT2D eigenvalue weighted by atomic mass is 32.3. The molecule has 0 bridgehead atoms. The molecule has 2 heterocycles. The molecule has 0 aromatic carbocycles. The van der Waals surface area contributed by atoms with E-state index in [2.05, 4.69) is 9.50 Å². The Bertz CT molecular complexity index is 784. The second-order valence-corrected chi connectivity index (χ2v) is 7.41. The van der Waals surface area contributed by atoms with E-state index in [4.69, 9.17) is 23.9 Å². The number of carboxylic acids is 1. The van der Waals surface area contributed by atoms with Crippen LogP contribution in [0.5, 0.6) is 0 Å². The third kappa shape index (κ3) is 5.84. The molecule has 0 radical (unpaired) electrons. The first-order valence-electron chi connectivity index (χ1n) is 8.34. The molecule has 0 saturated carbocycles. The number of hydrogen-bond acceptors (Lipinski definition) is 12. The van der Waals surface area contributed by atoms with Gasteiger partial charge in [-0.3, -0.25) is 9.35 Å². The van der Waals surface area contributed by atoms with Gasteiger partial charge in [-0.25, -0.2) is 8.98 Å². The molecule has 0 aromatic rings. The molecule has 15 nitrogen and oxygen atoms in total. The molecule has 0 spiro atoms. The highest BCUT2D eigenvalue weighted by Crippen LogP contribution is 2.29. The van der Waals surface area contributed by atoms with Gasteiger partial charge in [0.2, 0.25) is 18.0 Å². The first-order valence-corrected chi connectivity index (χ1v) is 9.71. The number of carbonyl (C=O) groups is 2. The number of carboxylic acid groups (broad SMARTS) is 1. The molecule has 0 aliphatic carbocycles. The van der Waals surface area contributed by atoms with Crippen LogP contribution in [0.3, 0.4) is 0 Å². The Balaban J connectivity index is 2.38. The van der Waals surface area contributed by atoms with E-state index in [1.165, 1.54) is 0 Å². The minimum atomic E-state index is -5.18. The maximum absolute atomic E-state index is 11.4. The van der Waals surface area contributed by atoms with Gasteiger partial charge in [0.1, 0.15) is 30.5 Å². The van der Waals surface area contributed by atoms with Gasteiger partial charge < -0.3 is 45.1 Å². The average Bonchev–Trinajstić information content (AvgIpc) is 2.61. The molecular weight excluding hydrogens is 438 g/mol. The third-order valence-electron chi connectivity index (χ3n) is 4.15. The number of aliphatic hydroxyl groups excluding tert-OH is 4. The van der Waals surface area contributed by atoms with Crippen LogP contribution in [0, 0.1) is 0 Å². The summed E-state index contributed by atoms with van der Waals surface area (Å²) in [5.74, 6) is -3.25. The second-order valence-electron chi connectivity index (χ2n) is 6.37. The lowest BCUT2D eigenvalue weighted by atomic mass is 9.96. The Morgan fingerprint density at radius 2 is 1.87 bits per heavy atom. The molecule has 2 rings (SSSR count). The van der Waals surface area contributed by atoms with E-state index in [-0.39, 0.29) is 0 Å². The lowest BCUT2D eigenvalue weighted by Gasteiger charge is -2.44. The van der Waals surface area contributed by atoms with Crippen molar-refractivity contribution in [2.45, 2.75) is 56.1 Å². The number of rotatable bonds is 7. The molecule has 172 valence electrons. The summed E-state index contributed by atoms with van der Waals surface area (Å²) in [5.41, 5.74) is 0. The Morgan fingerprint density at radius 1 is 1.23 bits per heavy atom. The van der Waals surface area contributed by atoms with Crippen LogP contribution in [-0.2, 0) is 38.4 Å². The third-order valence-corrected chi connectivity index (χ3v) is 4.61. The molecule has 1 unspecified atom stereocenters. The van der Waals surface area contributed by atoms with Crippen molar-refractivity contribution in [3.63, 3.8) is 0 Å². The SMILES string of the molecule is CC(=O)N[C@H]1C(O)O[C@H](CO)[C@H](O)[C@@H]1O[C@@H]1OC(C(=O)O)=C[C@H](O)[C@H]1OS(=O)(=O)O. The zero-order chi connectivity index (χ0) is 22.8. The van der Waals surface area contributed by atoms with E-state index in [1.54, 1.807) is 0 Å². The minimum absolute atomic E-state index is 0.578. The minimum Gasteiger partial charge on any atom is -0.475 e.